The summed E-state index contributed by atoms with van der Waals surface area (Å²) in [6.07, 6.45) is -4.43. The van der Waals surface area contributed by atoms with Crippen molar-refractivity contribution in [2.24, 2.45) is 5.92 Å². The van der Waals surface area contributed by atoms with Crippen LogP contribution in [0.15, 0.2) is 24.3 Å². The van der Waals surface area contributed by atoms with Gasteiger partial charge in [0.1, 0.15) is 0 Å². The van der Waals surface area contributed by atoms with E-state index in [2.05, 4.69) is 5.32 Å². The molecule has 0 aromatic heterocycles. The molecule has 7 heteroatoms. The molecule has 0 spiro atoms. The molecular formula is C12H13ClF3NO2. The molecule has 0 saturated heterocycles. The average Bonchev–Trinajstić information content (AvgIpc) is 2.27. The summed E-state index contributed by atoms with van der Waals surface area (Å²) in [4.78, 5) is 9.35. The van der Waals surface area contributed by atoms with Crippen LogP contribution in [0, 0.1) is 5.92 Å². The fourth-order valence-corrected chi connectivity index (χ4v) is 1.51. The SMILES string of the molecule is CC(C)[C@@](Cl)(Nc1ccc(C(F)(F)F)cc1)C(=O)O. The first-order valence-electron chi connectivity index (χ1n) is 5.45. The maximum absolute atomic E-state index is 12.4. The molecule has 0 aliphatic heterocycles. The summed E-state index contributed by atoms with van der Waals surface area (Å²) in [6, 6.07) is 4.01. The minimum atomic E-state index is -4.43. The maximum atomic E-state index is 12.4. The third-order valence-electron chi connectivity index (χ3n) is 2.65. The number of aliphatic carboxylic acids is 1. The van der Waals surface area contributed by atoms with Gasteiger partial charge in [0.05, 0.1) is 5.56 Å². The van der Waals surface area contributed by atoms with Crippen molar-refractivity contribution in [3.8, 4) is 0 Å². The van der Waals surface area contributed by atoms with Gasteiger partial charge in [0, 0.05) is 11.6 Å². The second-order valence-electron chi connectivity index (χ2n) is 4.37. The Labute approximate surface area is 113 Å². The topological polar surface area (TPSA) is 49.3 Å². The second-order valence-corrected chi connectivity index (χ2v) is 4.97. The van der Waals surface area contributed by atoms with Gasteiger partial charge in [-0.05, 0) is 24.3 Å². The molecular weight excluding hydrogens is 283 g/mol. The van der Waals surface area contributed by atoms with Crippen LogP contribution >= 0.6 is 11.6 Å². The number of nitrogens with one attached hydrogen (secondary N) is 1. The van der Waals surface area contributed by atoms with Gasteiger partial charge in [-0.25, -0.2) is 4.79 Å². The van der Waals surface area contributed by atoms with Crippen LogP contribution in [0.1, 0.15) is 19.4 Å². The van der Waals surface area contributed by atoms with Crippen LogP contribution < -0.4 is 5.32 Å². The van der Waals surface area contributed by atoms with Crippen molar-refractivity contribution >= 4 is 23.3 Å². The Bertz CT molecular complexity index is 459. The molecule has 0 amide bonds. The highest BCUT2D eigenvalue weighted by molar-refractivity contribution is 6.35. The van der Waals surface area contributed by atoms with Gasteiger partial charge in [0.25, 0.3) is 0 Å². The minimum absolute atomic E-state index is 0.208. The second kappa shape index (κ2) is 5.28. The molecule has 0 saturated carbocycles. The smallest absolute Gasteiger partial charge is 0.416 e. The highest BCUT2D eigenvalue weighted by Crippen LogP contribution is 2.32. The van der Waals surface area contributed by atoms with Crippen LogP contribution in [0.3, 0.4) is 0 Å². The van der Waals surface area contributed by atoms with Crippen LogP contribution in [0.2, 0.25) is 0 Å². The highest BCUT2D eigenvalue weighted by atomic mass is 35.5. The Hall–Kier alpha value is -1.43. The van der Waals surface area contributed by atoms with E-state index in [1.54, 1.807) is 13.8 Å². The zero-order valence-corrected chi connectivity index (χ0v) is 11.0. The standard InChI is InChI=1S/C12H13ClF3NO2/c1-7(2)11(13,10(18)19)17-9-5-3-8(4-6-9)12(14,15)16/h3-7,17H,1-2H3,(H,18,19)/t11-/m1/s1. The predicted octanol–water partition coefficient (Wildman–Crippen LogP) is 3.79. The molecule has 1 aromatic rings. The molecule has 1 atom stereocenters. The van der Waals surface area contributed by atoms with Gasteiger partial charge in [-0.15, -0.1) is 0 Å². The van der Waals surface area contributed by atoms with Gasteiger partial charge >= 0.3 is 12.1 Å². The van der Waals surface area contributed by atoms with E-state index in [1.807, 2.05) is 0 Å². The summed E-state index contributed by atoms with van der Waals surface area (Å²) in [5.41, 5.74) is -0.600. The summed E-state index contributed by atoms with van der Waals surface area (Å²) < 4.78 is 37.1. The lowest BCUT2D eigenvalue weighted by Gasteiger charge is -2.28. The molecule has 106 valence electrons. The lowest BCUT2D eigenvalue weighted by Crippen LogP contribution is -2.45. The minimum Gasteiger partial charge on any atom is -0.479 e. The molecule has 0 heterocycles. The molecule has 0 aliphatic rings. The van der Waals surface area contributed by atoms with E-state index >= 15 is 0 Å². The number of carbonyl (C=O) groups is 1. The van der Waals surface area contributed by atoms with Crippen LogP contribution in [-0.2, 0) is 11.0 Å². The fraction of sp³-hybridized carbons (Fsp3) is 0.417. The van der Waals surface area contributed by atoms with Gasteiger partial charge < -0.3 is 10.4 Å². The zero-order chi connectivity index (χ0) is 14.8. The monoisotopic (exact) mass is 295 g/mol. The molecule has 0 fully saturated rings. The molecule has 3 nitrogen and oxygen atoms in total. The quantitative estimate of drug-likeness (QED) is 0.656. The lowest BCUT2D eigenvalue weighted by molar-refractivity contribution is -0.140. The van der Waals surface area contributed by atoms with Crippen LogP contribution in [0.25, 0.3) is 0 Å². The normalized spacial score (nSPS) is 15.1. The Morgan fingerprint density at radius 3 is 2.05 bits per heavy atom. The van der Waals surface area contributed by atoms with E-state index in [1.165, 1.54) is 0 Å². The number of hydrogen-bond acceptors (Lipinski definition) is 2. The Kier molecular flexibility index (Phi) is 4.35. The van der Waals surface area contributed by atoms with Crippen molar-refractivity contribution in [3.05, 3.63) is 29.8 Å². The van der Waals surface area contributed by atoms with E-state index in [0.717, 1.165) is 24.3 Å². The Balaban J connectivity index is 2.97. The van der Waals surface area contributed by atoms with Crippen molar-refractivity contribution in [1.82, 2.24) is 0 Å². The summed E-state index contributed by atoms with van der Waals surface area (Å²) in [6.45, 7) is 3.19. The van der Waals surface area contributed by atoms with Crippen LogP contribution in [0.5, 0.6) is 0 Å². The maximum Gasteiger partial charge on any atom is 0.416 e. The average molecular weight is 296 g/mol. The molecule has 0 bridgehead atoms. The first-order chi connectivity index (χ1) is 8.57. The van der Waals surface area contributed by atoms with E-state index in [9.17, 15) is 18.0 Å². The Morgan fingerprint density at radius 2 is 1.74 bits per heavy atom. The molecule has 1 rings (SSSR count). The highest BCUT2D eigenvalue weighted by Gasteiger charge is 2.40. The number of carboxylic acids is 1. The summed E-state index contributed by atoms with van der Waals surface area (Å²) >= 11 is 5.94. The van der Waals surface area contributed by atoms with Gasteiger partial charge in [0.2, 0.25) is 5.00 Å². The van der Waals surface area contributed by atoms with Crippen molar-refractivity contribution in [3.63, 3.8) is 0 Å². The summed E-state index contributed by atoms with van der Waals surface area (Å²) in [7, 11) is 0. The summed E-state index contributed by atoms with van der Waals surface area (Å²) in [5.74, 6) is -1.75. The number of benzene rings is 1. The molecule has 0 radical (unpaired) electrons. The molecule has 0 unspecified atom stereocenters. The molecule has 1 aromatic carbocycles. The summed E-state index contributed by atoms with van der Waals surface area (Å²) in [5, 5.41) is 11.6. The van der Waals surface area contributed by atoms with Crippen LogP contribution in [-0.4, -0.2) is 16.1 Å². The van der Waals surface area contributed by atoms with Crippen molar-refractivity contribution < 1.29 is 23.1 Å². The number of rotatable bonds is 4. The zero-order valence-electron chi connectivity index (χ0n) is 10.3. The number of anilines is 1. The predicted molar refractivity (Wildman–Crippen MR) is 66.1 cm³/mol. The van der Waals surface area contributed by atoms with E-state index in [4.69, 9.17) is 16.7 Å². The van der Waals surface area contributed by atoms with Gasteiger partial charge in [0.15, 0.2) is 0 Å². The van der Waals surface area contributed by atoms with Gasteiger partial charge in [-0.1, -0.05) is 25.4 Å². The first kappa shape index (κ1) is 15.6. The van der Waals surface area contributed by atoms with Crippen molar-refractivity contribution in [2.45, 2.75) is 25.0 Å². The lowest BCUT2D eigenvalue weighted by atomic mass is 10.0. The number of hydrogen-bond donors (Lipinski definition) is 2. The number of carboxylic acid groups (broad SMARTS) is 1. The van der Waals surface area contributed by atoms with Crippen molar-refractivity contribution in [2.75, 3.05) is 5.32 Å². The first-order valence-corrected chi connectivity index (χ1v) is 5.83. The number of alkyl halides is 4. The van der Waals surface area contributed by atoms with Crippen molar-refractivity contribution in [1.29, 1.82) is 0 Å². The fourth-order valence-electron chi connectivity index (χ4n) is 1.40. The molecule has 2 N–H and O–H groups in total. The molecule has 19 heavy (non-hydrogen) atoms. The third kappa shape index (κ3) is 3.53. The van der Waals surface area contributed by atoms with E-state index in [-0.39, 0.29) is 5.69 Å². The third-order valence-corrected chi connectivity index (χ3v) is 3.34. The van der Waals surface area contributed by atoms with Gasteiger partial charge in [-0.2, -0.15) is 13.2 Å². The molecule has 0 aliphatic carbocycles. The van der Waals surface area contributed by atoms with E-state index in [0.29, 0.717) is 0 Å². The van der Waals surface area contributed by atoms with Crippen LogP contribution in [0.4, 0.5) is 18.9 Å². The van der Waals surface area contributed by atoms with E-state index < -0.39 is 28.6 Å². The Morgan fingerprint density at radius 1 is 1.26 bits per heavy atom. The number of halogens is 4. The van der Waals surface area contributed by atoms with Gasteiger partial charge in [-0.3, -0.25) is 0 Å². The largest absolute Gasteiger partial charge is 0.479 e.